The van der Waals surface area contributed by atoms with Crippen molar-refractivity contribution in [1.82, 2.24) is 15.2 Å². The molecule has 2 aromatic heterocycles. The van der Waals surface area contributed by atoms with Gasteiger partial charge in [-0.2, -0.15) is 0 Å². The number of thioether (sulfide) groups is 1. The summed E-state index contributed by atoms with van der Waals surface area (Å²) in [5.41, 5.74) is 0.953. The Morgan fingerprint density at radius 3 is 2.73 bits per heavy atom. The third-order valence-electron chi connectivity index (χ3n) is 1.77. The maximum Gasteiger partial charge on any atom is 0.276 e. The lowest BCUT2D eigenvalue weighted by molar-refractivity contribution is 0.466. The van der Waals surface area contributed by atoms with E-state index in [1.54, 1.807) is 23.1 Å². The largest absolute Gasteiger partial charge is 0.410 e. The zero-order valence-electron chi connectivity index (χ0n) is 8.77. The molecule has 0 aliphatic carbocycles. The van der Waals surface area contributed by atoms with E-state index in [1.165, 1.54) is 0 Å². The summed E-state index contributed by atoms with van der Waals surface area (Å²) in [5, 5.41) is 9.61. The molecule has 0 saturated heterocycles. The SMILES string of the molecule is CCSc1nnc(-c2sc(C)nc2C)o1. The normalized spacial score (nSPS) is 10.9. The van der Waals surface area contributed by atoms with E-state index >= 15 is 0 Å². The first-order valence-electron chi connectivity index (χ1n) is 4.61. The minimum absolute atomic E-state index is 0.578. The number of aromatic nitrogens is 3. The van der Waals surface area contributed by atoms with Crippen molar-refractivity contribution < 1.29 is 4.42 Å². The molecule has 2 heterocycles. The summed E-state index contributed by atoms with van der Waals surface area (Å²) in [4.78, 5) is 5.30. The van der Waals surface area contributed by atoms with Crippen LogP contribution in [0.5, 0.6) is 0 Å². The van der Waals surface area contributed by atoms with Gasteiger partial charge < -0.3 is 4.42 Å². The molecule has 2 aromatic rings. The Labute approximate surface area is 96.1 Å². The van der Waals surface area contributed by atoms with Gasteiger partial charge in [0, 0.05) is 0 Å². The molecule has 80 valence electrons. The van der Waals surface area contributed by atoms with Crippen LogP contribution in [0.1, 0.15) is 17.6 Å². The summed E-state index contributed by atoms with van der Waals surface area (Å²) in [6.07, 6.45) is 0. The van der Waals surface area contributed by atoms with Gasteiger partial charge in [-0.25, -0.2) is 4.98 Å². The molecule has 0 amide bonds. The van der Waals surface area contributed by atoms with Crippen LogP contribution in [0.15, 0.2) is 9.64 Å². The van der Waals surface area contributed by atoms with Crippen molar-refractivity contribution in [1.29, 1.82) is 0 Å². The van der Waals surface area contributed by atoms with Gasteiger partial charge in [0.25, 0.3) is 11.1 Å². The third-order valence-corrected chi connectivity index (χ3v) is 3.53. The predicted octanol–water partition coefficient (Wildman–Crippen LogP) is 2.92. The summed E-state index contributed by atoms with van der Waals surface area (Å²) in [7, 11) is 0. The van der Waals surface area contributed by atoms with E-state index in [2.05, 4.69) is 22.1 Å². The van der Waals surface area contributed by atoms with E-state index in [-0.39, 0.29) is 0 Å². The first-order valence-corrected chi connectivity index (χ1v) is 6.41. The Kier molecular flexibility index (Phi) is 3.06. The van der Waals surface area contributed by atoms with Gasteiger partial charge in [-0.15, -0.1) is 21.5 Å². The van der Waals surface area contributed by atoms with E-state index in [9.17, 15) is 0 Å². The van der Waals surface area contributed by atoms with Gasteiger partial charge in [0.2, 0.25) is 0 Å². The molecule has 0 radical (unpaired) electrons. The average molecular weight is 241 g/mol. The molecule has 2 rings (SSSR count). The second-order valence-electron chi connectivity index (χ2n) is 2.95. The molecule has 0 aromatic carbocycles. The second kappa shape index (κ2) is 4.32. The lowest BCUT2D eigenvalue weighted by atomic mass is 10.4. The fourth-order valence-electron chi connectivity index (χ4n) is 1.21. The van der Waals surface area contributed by atoms with Crippen molar-refractivity contribution >= 4 is 23.1 Å². The topological polar surface area (TPSA) is 51.8 Å². The molecule has 0 N–H and O–H groups in total. The highest BCUT2D eigenvalue weighted by atomic mass is 32.2. The minimum Gasteiger partial charge on any atom is -0.410 e. The smallest absolute Gasteiger partial charge is 0.276 e. The summed E-state index contributed by atoms with van der Waals surface area (Å²) in [6.45, 7) is 5.98. The van der Waals surface area contributed by atoms with Crippen molar-refractivity contribution in [3.8, 4) is 10.8 Å². The number of thiazole rings is 1. The molecule has 0 aliphatic rings. The molecule has 6 heteroatoms. The zero-order chi connectivity index (χ0) is 10.8. The zero-order valence-corrected chi connectivity index (χ0v) is 10.4. The van der Waals surface area contributed by atoms with Crippen molar-refractivity contribution in [3.05, 3.63) is 10.7 Å². The Morgan fingerprint density at radius 2 is 2.13 bits per heavy atom. The summed E-state index contributed by atoms with van der Waals surface area (Å²) >= 11 is 3.13. The highest BCUT2D eigenvalue weighted by Crippen LogP contribution is 2.30. The highest BCUT2D eigenvalue weighted by Gasteiger charge is 2.14. The van der Waals surface area contributed by atoms with Crippen LogP contribution in [0.2, 0.25) is 0 Å². The summed E-state index contributed by atoms with van der Waals surface area (Å²) < 4.78 is 5.52. The highest BCUT2D eigenvalue weighted by molar-refractivity contribution is 7.99. The molecular formula is C9H11N3OS2. The lowest BCUT2D eigenvalue weighted by Gasteiger charge is -1.89. The van der Waals surface area contributed by atoms with E-state index < -0.39 is 0 Å². The van der Waals surface area contributed by atoms with Gasteiger partial charge in [-0.3, -0.25) is 0 Å². The fourth-order valence-corrected chi connectivity index (χ4v) is 2.54. The quantitative estimate of drug-likeness (QED) is 0.773. The Balaban J connectivity index is 2.32. The first-order chi connectivity index (χ1) is 7.20. The van der Waals surface area contributed by atoms with Gasteiger partial charge in [0.1, 0.15) is 4.88 Å². The molecule has 0 saturated carbocycles. The van der Waals surface area contributed by atoms with Gasteiger partial charge in [-0.05, 0) is 19.6 Å². The van der Waals surface area contributed by atoms with Crippen molar-refractivity contribution in [2.75, 3.05) is 5.75 Å². The molecule has 0 spiro atoms. The first kappa shape index (κ1) is 10.6. The molecule has 0 bridgehead atoms. The third kappa shape index (κ3) is 2.21. The number of hydrogen-bond donors (Lipinski definition) is 0. The molecule has 0 fully saturated rings. The van der Waals surface area contributed by atoms with E-state index in [4.69, 9.17) is 4.42 Å². The molecular weight excluding hydrogens is 230 g/mol. The molecule has 0 unspecified atom stereocenters. The molecule has 4 nitrogen and oxygen atoms in total. The van der Waals surface area contributed by atoms with Gasteiger partial charge in [0.05, 0.1) is 10.7 Å². The number of nitrogens with zero attached hydrogens (tertiary/aromatic N) is 3. The van der Waals surface area contributed by atoms with Crippen LogP contribution in [0.25, 0.3) is 10.8 Å². The molecule has 0 atom stereocenters. The van der Waals surface area contributed by atoms with E-state index in [0.29, 0.717) is 11.1 Å². The van der Waals surface area contributed by atoms with Crippen LogP contribution in [-0.2, 0) is 0 Å². The van der Waals surface area contributed by atoms with Crippen LogP contribution < -0.4 is 0 Å². The Bertz CT molecular complexity index is 464. The van der Waals surface area contributed by atoms with Crippen LogP contribution in [0.3, 0.4) is 0 Å². The summed E-state index contributed by atoms with van der Waals surface area (Å²) in [5.74, 6) is 1.51. The monoisotopic (exact) mass is 241 g/mol. The van der Waals surface area contributed by atoms with Gasteiger partial charge in [0.15, 0.2) is 0 Å². The number of hydrogen-bond acceptors (Lipinski definition) is 6. The molecule has 0 aliphatic heterocycles. The Hall–Kier alpha value is -0.880. The number of aryl methyl sites for hydroxylation is 2. The van der Waals surface area contributed by atoms with Crippen LogP contribution in [0.4, 0.5) is 0 Å². The molecule has 15 heavy (non-hydrogen) atoms. The van der Waals surface area contributed by atoms with Crippen molar-refractivity contribution in [3.63, 3.8) is 0 Å². The minimum atomic E-state index is 0.578. The predicted molar refractivity (Wildman–Crippen MR) is 61.3 cm³/mol. The van der Waals surface area contributed by atoms with Gasteiger partial charge >= 0.3 is 0 Å². The maximum absolute atomic E-state index is 5.52. The second-order valence-corrected chi connectivity index (χ2v) is 5.37. The van der Waals surface area contributed by atoms with Crippen molar-refractivity contribution in [2.45, 2.75) is 26.0 Å². The Morgan fingerprint density at radius 1 is 1.33 bits per heavy atom. The standard InChI is InChI=1S/C9H11N3OS2/c1-4-14-9-12-11-8(13-9)7-5(2)10-6(3)15-7/h4H2,1-3H3. The van der Waals surface area contributed by atoms with Crippen LogP contribution >= 0.6 is 23.1 Å². The number of rotatable bonds is 3. The van der Waals surface area contributed by atoms with Crippen molar-refractivity contribution in [2.24, 2.45) is 0 Å². The maximum atomic E-state index is 5.52. The van der Waals surface area contributed by atoms with Gasteiger partial charge in [-0.1, -0.05) is 18.7 Å². The lowest BCUT2D eigenvalue weighted by Crippen LogP contribution is -1.77. The average Bonchev–Trinajstić information content (AvgIpc) is 2.73. The van der Waals surface area contributed by atoms with Crippen LogP contribution in [-0.4, -0.2) is 20.9 Å². The van der Waals surface area contributed by atoms with E-state index in [1.807, 2.05) is 13.8 Å². The fraction of sp³-hybridized carbons (Fsp3) is 0.444. The van der Waals surface area contributed by atoms with Crippen LogP contribution in [0, 0.1) is 13.8 Å². The van der Waals surface area contributed by atoms with E-state index in [0.717, 1.165) is 21.3 Å². The summed E-state index contributed by atoms with van der Waals surface area (Å²) in [6, 6.07) is 0.